The zero-order valence-corrected chi connectivity index (χ0v) is 21.9. The summed E-state index contributed by atoms with van der Waals surface area (Å²) in [5.74, 6) is -0.979. The molecule has 1 atom stereocenters. The second-order valence-electron chi connectivity index (χ2n) is 9.53. The molecule has 0 radical (unpaired) electrons. The van der Waals surface area contributed by atoms with Crippen LogP contribution in [-0.2, 0) is 11.0 Å². The van der Waals surface area contributed by atoms with Gasteiger partial charge in [0.2, 0.25) is 5.91 Å². The Morgan fingerprint density at radius 3 is 2.30 bits per heavy atom. The molecule has 1 unspecified atom stereocenters. The molecular formula is C28H30F3N3O2S. The fourth-order valence-corrected chi connectivity index (χ4v) is 5.61. The maximum Gasteiger partial charge on any atom is 0.416 e. The summed E-state index contributed by atoms with van der Waals surface area (Å²) in [6, 6.07) is 10.3. The predicted molar refractivity (Wildman–Crippen MR) is 139 cm³/mol. The van der Waals surface area contributed by atoms with Crippen LogP contribution in [0.25, 0.3) is 0 Å². The van der Waals surface area contributed by atoms with Gasteiger partial charge in [-0.25, -0.2) is 4.98 Å². The molecule has 3 aromatic rings. The number of alkyl halides is 3. The third kappa shape index (κ3) is 6.21. The summed E-state index contributed by atoms with van der Waals surface area (Å²) in [7, 11) is 0. The zero-order valence-electron chi connectivity index (χ0n) is 21.1. The van der Waals surface area contributed by atoms with Gasteiger partial charge in [-0.1, -0.05) is 49.1 Å². The van der Waals surface area contributed by atoms with Crippen molar-refractivity contribution in [1.82, 2.24) is 10.3 Å². The van der Waals surface area contributed by atoms with E-state index in [1.54, 1.807) is 26.0 Å². The summed E-state index contributed by atoms with van der Waals surface area (Å²) < 4.78 is 41.0. The predicted octanol–water partition coefficient (Wildman–Crippen LogP) is 6.92. The largest absolute Gasteiger partial charge is 0.416 e. The lowest BCUT2D eigenvalue weighted by atomic mass is 9.94. The third-order valence-corrected chi connectivity index (χ3v) is 7.68. The highest BCUT2D eigenvalue weighted by molar-refractivity contribution is 7.13. The number of benzene rings is 2. The van der Waals surface area contributed by atoms with Gasteiger partial charge in [0, 0.05) is 11.7 Å². The number of nitrogens with zero attached hydrogens (tertiary/aromatic N) is 2. The van der Waals surface area contributed by atoms with E-state index in [0.29, 0.717) is 21.3 Å². The van der Waals surface area contributed by atoms with Crippen molar-refractivity contribution in [2.45, 2.75) is 71.1 Å². The van der Waals surface area contributed by atoms with Crippen LogP contribution in [0, 0.1) is 20.8 Å². The monoisotopic (exact) mass is 529 g/mol. The number of anilines is 1. The first-order valence-electron chi connectivity index (χ1n) is 12.4. The van der Waals surface area contributed by atoms with Crippen molar-refractivity contribution in [2.75, 3.05) is 4.90 Å². The smallest absolute Gasteiger partial charge is 0.351 e. The molecule has 2 amide bonds. The second kappa shape index (κ2) is 11.0. The number of carbonyl (C=O) groups excluding carboxylic acids is 2. The molecule has 0 saturated heterocycles. The van der Waals surface area contributed by atoms with E-state index in [1.807, 2.05) is 19.1 Å². The van der Waals surface area contributed by atoms with Crippen LogP contribution in [0.3, 0.4) is 0 Å². The molecule has 1 aliphatic carbocycles. The number of carbonyl (C=O) groups is 2. The standard InChI is InChI=1S/C28H30F3N3O2S/c1-17-12-14-23(15-13-17)34(27(36)25-18(2)32-19(3)37-25)24(26(35)33-22-10-5-4-6-11-22)20-8-7-9-21(16-20)28(29,30)31/h7-9,12-16,22,24H,4-6,10-11H2,1-3H3,(H,33,35). The van der Waals surface area contributed by atoms with Crippen LogP contribution in [0.15, 0.2) is 48.5 Å². The Morgan fingerprint density at radius 1 is 1.03 bits per heavy atom. The maximum absolute atomic E-state index is 14.1. The molecule has 0 aliphatic heterocycles. The van der Waals surface area contributed by atoms with Crippen molar-refractivity contribution in [3.05, 3.63) is 80.8 Å². The number of aromatic nitrogens is 1. The molecule has 0 bridgehead atoms. The Balaban J connectivity index is 1.86. The number of aryl methyl sites for hydroxylation is 3. The van der Waals surface area contributed by atoms with Gasteiger partial charge in [-0.3, -0.25) is 14.5 Å². The molecule has 0 spiro atoms. The highest BCUT2D eigenvalue weighted by Crippen LogP contribution is 2.36. The van der Waals surface area contributed by atoms with Crippen LogP contribution in [0.5, 0.6) is 0 Å². The van der Waals surface area contributed by atoms with Crippen LogP contribution >= 0.6 is 11.3 Å². The first kappa shape index (κ1) is 26.9. The number of halogens is 3. The molecule has 1 aliphatic rings. The van der Waals surface area contributed by atoms with E-state index in [4.69, 9.17) is 0 Å². The molecule has 4 rings (SSSR count). The van der Waals surface area contributed by atoms with Gasteiger partial charge in [0.25, 0.3) is 5.91 Å². The average Bonchev–Trinajstić information content (AvgIpc) is 3.20. The summed E-state index contributed by atoms with van der Waals surface area (Å²) in [6.45, 7) is 5.39. The van der Waals surface area contributed by atoms with Gasteiger partial charge < -0.3 is 5.32 Å². The number of thiazole rings is 1. The molecule has 1 N–H and O–H groups in total. The lowest BCUT2D eigenvalue weighted by Crippen LogP contribution is -2.47. The van der Waals surface area contributed by atoms with E-state index >= 15 is 0 Å². The molecule has 196 valence electrons. The van der Waals surface area contributed by atoms with Gasteiger partial charge in [-0.2, -0.15) is 13.2 Å². The average molecular weight is 530 g/mol. The van der Waals surface area contributed by atoms with Crippen molar-refractivity contribution in [3.63, 3.8) is 0 Å². The van der Waals surface area contributed by atoms with Crippen LogP contribution in [0.2, 0.25) is 0 Å². The van der Waals surface area contributed by atoms with Gasteiger partial charge in [-0.05, 0) is 63.4 Å². The highest BCUT2D eigenvalue weighted by atomic mass is 32.1. The van der Waals surface area contributed by atoms with E-state index in [-0.39, 0.29) is 11.6 Å². The fourth-order valence-electron chi connectivity index (χ4n) is 4.76. The fraction of sp³-hybridized carbons (Fsp3) is 0.393. The van der Waals surface area contributed by atoms with E-state index in [1.165, 1.54) is 28.4 Å². The van der Waals surface area contributed by atoms with Crippen LogP contribution in [0.4, 0.5) is 18.9 Å². The molecular weight excluding hydrogens is 499 g/mol. The molecule has 1 aromatic heterocycles. The number of hydrogen-bond donors (Lipinski definition) is 1. The Kier molecular flexibility index (Phi) is 8.02. The van der Waals surface area contributed by atoms with Crippen molar-refractivity contribution >= 4 is 28.8 Å². The van der Waals surface area contributed by atoms with E-state index in [0.717, 1.165) is 49.8 Å². The Hall–Kier alpha value is -3.20. The molecule has 1 saturated carbocycles. The minimum Gasteiger partial charge on any atom is -0.351 e. The molecule has 37 heavy (non-hydrogen) atoms. The molecule has 1 fully saturated rings. The third-order valence-electron chi connectivity index (χ3n) is 6.62. The van der Waals surface area contributed by atoms with Gasteiger partial charge >= 0.3 is 6.18 Å². The quantitative estimate of drug-likeness (QED) is 0.377. The number of nitrogens with one attached hydrogen (secondary N) is 1. The van der Waals surface area contributed by atoms with Crippen molar-refractivity contribution in [1.29, 1.82) is 0 Å². The highest BCUT2D eigenvalue weighted by Gasteiger charge is 2.38. The van der Waals surface area contributed by atoms with Gasteiger partial charge in [0.15, 0.2) is 0 Å². The second-order valence-corrected chi connectivity index (χ2v) is 10.7. The first-order valence-corrected chi connectivity index (χ1v) is 13.2. The van der Waals surface area contributed by atoms with Gasteiger partial charge in [0.1, 0.15) is 10.9 Å². The topological polar surface area (TPSA) is 62.3 Å². The lowest BCUT2D eigenvalue weighted by molar-refractivity contribution is -0.137. The summed E-state index contributed by atoms with van der Waals surface area (Å²) in [5.41, 5.74) is 1.10. The summed E-state index contributed by atoms with van der Waals surface area (Å²) in [6.07, 6.45) is 0.0312. The van der Waals surface area contributed by atoms with Crippen LogP contribution in [0.1, 0.15) is 75.2 Å². The summed E-state index contributed by atoms with van der Waals surface area (Å²) in [5, 5.41) is 3.72. The van der Waals surface area contributed by atoms with E-state index < -0.39 is 29.6 Å². The number of amides is 2. The minimum atomic E-state index is -4.59. The van der Waals surface area contributed by atoms with E-state index in [2.05, 4.69) is 10.3 Å². The Labute approximate surface area is 218 Å². The molecule has 2 aromatic carbocycles. The van der Waals surface area contributed by atoms with E-state index in [9.17, 15) is 22.8 Å². The van der Waals surface area contributed by atoms with Crippen molar-refractivity contribution < 1.29 is 22.8 Å². The zero-order chi connectivity index (χ0) is 26.7. The van der Waals surface area contributed by atoms with Gasteiger partial charge in [0.05, 0.1) is 16.3 Å². The Bertz CT molecular complexity index is 1260. The van der Waals surface area contributed by atoms with Crippen molar-refractivity contribution in [2.24, 2.45) is 0 Å². The number of hydrogen-bond acceptors (Lipinski definition) is 4. The normalized spacial score (nSPS) is 15.3. The molecule has 9 heteroatoms. The van der Waals surface area contributed by atoms with Crippen molar-refractivity contribution in [3.8, 4) is 0 Å². The number of rotatable bonds is 6. The Morgan fingerprint density at radius 2 is 1.70 bits per heavy atom. The summed E-state index contributed by atoms with van der Waals surface area (Å²) >= 11 is 1.20. The van der Waals surface area contributed by atoms with Gasteiger partial charge in [-0.15, -0.1) is 11.3 Å². The maximum atomic E-state index is 14.1. The van der Waals surface area contributed by atoms with Crippen LogP contribution < -0.4 is 10.2 Å². The van der Waals surface area contributed by atoms with Crippen LogP contribution in [-0.4, -0.2) is 22.8 Å². The summed E-state index contributed by atoms with van der Waals surface area (Å²) in [4.78, 5) is 34.0. The first-order chi connectivity index (χ1) is 17.5. The lowest BCUT2D eigenvalue weighted by Gasteiger charge is -2.33. The molecule has 5 nitrogen and oxygen atoms in total. The minimum absolute atomic E-state index is 0.0862. The molecule has 1 heterocycles. The SMILES string of the molecule is Cc1ccc(N(C(=O)c2sc(C)nc2C)C(C(=O)NC2CCCCC2)c2cccc(C(F)(F)F)c2)cc1.